The van der Waals surface area contributed by atoms with Gasteiger partial charge >= 0.3 is 0 Å². The summed E-state index contributed by atoms with van der Waals surface area (Å²) in [5, 5.41) is 40.9. The van der Waals surface area contributed by atoms with Crippen LogP contribution in [0.2, 0.25) is 0 Å². The van der Waals surface area contributed by atoms with Crippen molar-refractivity contribution in [2.45, 2.75) is 44.3 Å². The summed E-state index contributed by atoms with van der Waals surface area (Å²) in [6.07, 6.45) is 1.46. The van der Waals surface area contributed by atoms with Gasteiger partial charge in [-0.05, 0) is 77.8 Å². The molecule has 0 aromatic heterocycles. The Morgan fingerprint density at radius 3 is 2.51 bits per heavy atom. The number of phenols is 2. The number of fused-ring (bicyclic) bond motifs is 5. The zero-order chi connectivity index (χ0) is 24.7. The smallest absolute Gasteiger partial charge is 0.161 e. The Morgan fingerprint density at radius 1 is 0.971 bits per heavy atom. The molecule has 7 nitrogen and oxygen atoms in total. The van der Waals surface area contributed by atoms with Crippen molar-refractivity contribution in [3.63, 3.8) is 0 Å². The number of phenolic OH excluding ortho intramolecular Hbond substituents is 2. The van der Waals surface area contributed by atoms with Crippen molar-refractivity contribution in [3.05, 3.63) is 64.2 Å². The molecule has 0 unspecified atom stereocenters. The van der Waals surface area contributed by atoms with Gasteiger partial charge in [-0.1, -0.05) is 6.07 Å². The van der Waals surface area contributed by atoms with Gasteiger partial charge in [0, 0.05) is 30.2 Å². The molecule has 1 aliphatic carbocycles. The lowest BCUT2D eigenvalue weighted by Crippen LogP contribution is -2.31. The second-order valence-corrected chi connectivity index (χ2v) is 9.12. The molecule has 3 aromatic carbocycles. The summed E-state index contributed by atoms with van der Waals surface area (Å²) in [5.41, 5.74) is 6.48. The Bertz CT molecular complexity index is 1270. The zero-order valence-electron chi connectivity index (χ0n) is 19.9. The molecule has 7 heteroatoms. The molecule has 35 heavy (non-hydrogen) atoms. The van der Waals surface area contributed by atoms with Gasteiger partial charge in [-0.25, -0.2) is 0 Å². The molecular weight excluding hydrogens is 448 g/mol. The van der Waals surface area contributed by atoms with E-state index in [-0.39, 0.29) is 18.1 Å². The topological polar surface area (TPSA) is 109 Å². The fourth-order valence-electron chi connectivity index (χ4n) is 5.37. The second-order valence-electron chi connectivity index (χ2n) is 9.12. The van der Waals surface area contributed by atoms with E-state index in [1.54, 1.807) is 25.3 Å². The molecule has 0 fully saturated rings. The largest absolute Gasteiger partial charge is 0.508 e. The quantitative estimate of drug-likeness (QED) is 0.426. The Labute approximate surface area is 204 Å². The van der Waals surface area contributed by atoms with Crippen molar-refractivity contribution < 1.29 is 34.6 Å². The normalized spacial score (nSPS) is 18.2. The number of aryl methyl sites for hydroxylation is 2. The first-order valence-electron chi connectivity index (χ1n) is 11.9. The number of aliphatic hydroxyl groups excluding tert-OH is 2. The molecule has 0 saturated heterocycles. The first-order chi connectivity index (χ1) is 16.9. The third-order valence-electron chi connectivity index (χ3n) is 7.04. The molecule has 2 aliphatic rings. The molecule has 4 N–H and O–H groups in total. The maximum Gasteiger partial charge on any atom is 0.161 e. The summed E-state index contributed by atoms with van der Waals surface area (Å²) in [4.78, 5) is 0. The molecular formula is C28H30O7. The maximum atomic E-state index is 11.2. The van der Waals surface area contributed by atoms with Gasteiger partial charge in [0.2, 0.25) is 0 Å². The van der Waals surface area contributed by atoms with Crippen LogP contribution in [-0.2, 0) is 25.7 Å². The molecule has 5 rings (SSSR count). The summed E-state index contributed by atoms with van der Waals surface area (Å²) < 4.78 is 17.5. The van der Waals surface area contributed by atoms with Crippen molar-refractivity contribution in [3.8, 4) is 39.9 Å². The van der Waals surface area contributed by atoms with Crippen molar-refractivity contribution in [2.75, 3.05) is 20.8 Å². The number of benzene rings is 3. The fourth-order valence-corrected chi connectivity index (χ4v) is 5.37. The summed E-state index contributed by atoms with van der Waals surface area (Å²) in [7, 11) is 3.11. The van der Waals surface area contributed by atoms with Gasteiger partial charge in [-0.2, -0.15) is 0 Å². The molecule has 3 aromatic rings. The predicted molar refractivity (Wildman–Crippen MR) is 131 cm³/mol. The Kier molecular flexibility index (Phi) is 6.21. The fraction of sp³-hybridized carbons (Fsp3) is 0.357. The third-order valence-corrected chi connectivity index (χ3v) is 7.04. The van der Waals surface area contributed by atoms with E-state index in [0.717, 1.165) is 40.7 Å². The van der Waals surface area contributed by atoms with Crippen LogP contribution in [0.25, 0.3) is 11.1 Å². The van der Waals surface area contributed by atoms with E-state index in [0.29, 0.717) is 47.6 Å². The minimum Gasteiger partial charge on any atom is -0.508 e. The summed E-state index contributed by atoms with van der Waals surface area (Å²) >= 11 is 0. The summed E-state index contributed by atoms with van der Waals surface area (Å²) in [6, 6.07) is 10.8. The van der Waals surface area contributed by atoms with Crippen LogP contribution in [0.3, 0.4) is 0 Å². The van der Waals surface area contributed by atoms with E-state index in [9.17, 15) is 20.4 Å². The summed E-state index contributed by atoms with van der Waals surface area (Å²) in [6.45, 7) is 0.00949. The summed E-state index contributed by atoms with van der Waals surface area (Å²) in [5.74, 6) is 1.94. The van der Waals surface area contributed by atoms with E-state index in [2.05, 4.69) is 0 Å². The highest BCUT2D eigenvalue weighted by Crippen LogP contribution is 2.49. The predicted octanol–water partition coefficient (Wildman–Crippen LogP) is 3.84. The highest BCUT2D eigenvalue weighted by Gasteiger charge is 2.35. The average Bonchev–Trinajstić information content (AvgIpc) is 2.86. The van der Waals surface area contributed by atoms with Crippen molar-refractivity contribution in [1.29, 1.82) is 0 Å². The van der Waals surface area contributed by atoms with E-state index in [1.807, 2.05) is 18.2 Å². The molecule has 2 atom stereocenters. The molecule has 184 valence electrons. The van der Waals surface area contributed by atoms with Crippen LogP contribution in [0.4, 0.5) is 0 Å². The first kappa shape index (κ1) is 23.3. The SMILES string of the molecule is COc1cc([C@H]2Oc3cc(OC)c4c(c3C[C@H]2O)CCc2cc(O)ccc2-4)cc(CCCO)c1O. The lowest BCUT2D eigenvalue weighted by molar-refractivity contribution is 0.0202. The average molecular weight is 479 g/mol. The van der Waals surface area contributed by atoms with Crippen molar-refractivity contribution in [2.24, 2.45) is 0 Å². The Balaban J connectivity index is 1.57. The second kappa shape index (κ2) is 9.32. The standard InChI is InChI=1S/C28H30O7/c1-33-24-14-23-21(20-7-5-15-11-18(30)6-8-19(15)26(20)24)13-22(31)28(35-23)17-10-16(4-3-9-29)27(32)25(12-17)34-2/h6,8,10-12,14,22,28-32H,3-5,7,9,13H2,1-2H3/t22-,28-/m1/s1. The number of methoxy groups -OCH3 is 2. The number of aromatic hydroxyl groups is 2. The number of rotatable bonds is 6. The van der Waals surface area contributed by atoms with E-state index in [1.165, 1.54) is 7.11 Å². The number of hydrogen-bond donors (Lipinski definition) is 4. The van der Waals surface area contributed by atoms with Gasteiger partial charge < -0.3 is 34.6 Å². The van der Waals surface area contributed by atoms with Crippen LogP contribution in [0, 0.1) is 0 Å². The van der Waals surface area contributed by atoms with Gasteiger partial charge in [-0.3, -0.25) is 0 Å². The Morgan fingerprint density at radius 2 is 1.77 bits per heavy atom. The highest BCUT2D eigenvalue weighted by molar-refractivity contribution is 5.82. The minimum absolute atomic E-state index is 0.00949. The van der Waals surface area contributed by atoms with Crippen molar-refractivity contribution in [1.82, 2.24) is 0 Å². The Hall–Kier alpha value is -3.42. The van der Waals surface area contributed by atoms with E-state index >= 15 is 0 Å². The van der Waals surface area contributed by atoms with E-state index in [4.69, 9.17) is 14.2 Å². The van der Waals surface area contributed by atoms with Crippen LogP contribution in [-0.4, -0.2) is 47.4 Å². The van der Waals surface area contributed by atoms with Gasteiger partial charge in [0.25, 0.3) is 0 Å². The van der Waals surface area contributed by atoms with Gasteiger partial charge in [0.15, 0.2) is 11.5 Å². The van der Waals surface area contributed by atoms with Crippen LogP contribution in [0.5, 0.6) is 28.7 Å². The monoisotopic (exact) mass is 478 g/mol. The van der Waals surface area contributed by atoms with Crippen LogP contribution < -0.4 is 14.2 Å². The lowest BCUT2D eigenvalue weighted by Gasteiger charge is -2.35. The highest BCUT2D eigenvalue weighted by atomic mass is 16.5. The number of aliphatic hydroxyl groups is 2. The third kappa shape index (κ3) is 4.05. The zero-order valence-corrected chi connectivity index (χ0v) is 19.9. The van der Waals surface area contributed by atoms with Crippen LogP contribution in [0.1, 0.15) is 40.3 Å². The van der Waals surface area contributed by atoms with E-state index < -0.39 is 12.2 Å². The molecule has 0 amide bonds. The number of hydrogen-bond acceptors (Lipinski definition) is 7. The molecule has 0 saturated carbocycles. The number of ether oxygens (including phenoxy) is 3. The van der Waals surface area contributed by atoms with Crippen LogP contribution in [0.15, 0.2) is 36.4 Å². The maximum absolute atomic E-state index is 11.2. The van der Waals surface area contributed by atoms with Gasteiger partial charge in [0.05, 0.1) is 20.3 Å². The van der Waals surface area contributed by atoms with Crippen LogP contribution >= 0.6 is 0 Å². The molecule has 1 aliphatic heterocycles. The molecule has 0 spiro atoms. The lowest BCUT2D eigenvalue weighted by atomic mass is 9.80. The van der Waals surface area contributed by atoms with Gasteiger partial charge in [0.1, 0.15) is 23.4 Å². The molecule has 1 heterocycles. The molecule has 0 bridgehead atoms. The van der Waals surface area contributed by atoms with Gasteiger partial charge in [-0.15, -0.1) is 0 Å². The molecule has 0 radical (unpaired) electrons. The first-order valence-corrected chi connectivity index (χ1v) is 11.9. The van der Waals surface area contributed by atoms with Crippen molar-refractivity contribution >= 4 is 0 Å². The minimum atomic E-state index is -0.804.